The Bertz CT molecular complexity index is 1050. The summed E-state index contributed by atoms with van der Waals surface area (Å²) < 4.78 is 17.5. The molecule has 0 spiro atoms. The number of rotatable bonds is 7. The van der Waals surface area contributed by atoms with Crippen LogP contribution in [0.5, 0.6) is 0 Å². The van der Waals surface area contributed by atoms with E-state index in [2.05, 4.69) is 5.32 Å². The summed E-state index contributed by atoms with van der Waals surface area (Å²) in [6.45, 7) is 5.02. The summed E-state index contributed by atoms with van der Waals surface area (Å²) >= 11 is 0. The van der Waals surface area contributed by atoms with Gasteiger partial charge in [-0.2, -0.15) is 0 Å². The highest BCUT2D eigenvalue weighted by molar-refractivity contribution is 6.11. The van der Waals surface area contributed by atoms with Crippen LogP contribution < -0.4 is 5.32 Å². The molecule has 156 valence electrons. The Morgan fingerprint density at radius 2 is 1.50 bits per heavy atom. The Morgan fingerprint density at radius 3 is 2.07 bits per heavy atom. The standard InChI is InChI=1S/C22H22N2O6/c1-4-28-21(26)17-14(3)30-20(18(17)22(27)29-5-2)23-19(25)15-8-10-16(11-9-15)24-12-6-7-13-24/h6-13H,4-5H2,1-3H3,(H,23,25). The van der Waals surface area contributed by atoms with Gasteiger partial charge in [-0.1, -0.05) is 0 Å². The number of nitrogens with zero attached hydrogens (tertiary/aromatic N) is 1. The molecule has 1 amide bonds. The number of ether oxygens (including phenoxy) is 2. The first kappa shape index (κ1) is 20.9. The van der Waals surface area contributed by atoms with E-state index >= 15 is 0 Å². The molecule has 1 aromatic carbocycles. The van der Waals surface area contributed by atoms with Crippen molar-refractivity contribution >= 4 is 23.7 Å². The van der Waals surface area contributed by atoms with Crippen LogP contribution in [-0.2, 0) is 9.47 Å². The summed E-state index contributed by atoms with van der Waals surface area (Å²) in [7, 11) is 0. The van der Waals surface area contributed by atoms with Crippen molar-refractivity contribution in [1.82, 2.24) is 4.57 Å². The van der Waals surface area contributed by atoms with Gasteiger partial charge in [0.05, 0.1) is 13.2 Å². The molecular weight excluding hydrogens is 388 g/mol. The molecule has 3 aromatic rings. The minimum atomic E-state index is -0.782. The van der Waals surface area contributed by atoms with Crippen LogP contribution in [0.4, 0.5) is 5.88 Å². The van der Waals surface area contributed by atoms with Crippen molar-refractivity contribution in [2.45, 2.75) is 20.8 Å². The van der Waals surface area contributed by atoms with Gasteiger partial charge in [0.15, 0.2) is 0 Å². The fourth-order valence-electron chi connectivity index (χ4n) is 2.95. The van der Waals surface area contributed by atoms with Crippen molar-refractivity contribution in [2.75, 3.05) is 18.5 Å². The van der Waals surface area contributed by atoms with Crippen LogP contribution in [0.2, 0.25) is 0 Å². The van der Waals surface area contributed by atoms with Gasteiger partial charge >= 0.3 is 11.9 Å². The summed E-state index contributed by atoms with van der Waals surface area (Å²) in [5, 5.41) is 2.56. The molecule has 0 aliphatic heterocycles. The maximum atomic E-state index is 12.7. The number of anilines is 1. The van der Waals surface area contributed by atoms with Gasteiger partial charge in [-0.15, -0.1) is 0 Å². The van der Waals surface area contributed by atoms with Gasteiger partial charge in [-0.05, 0) is 57.2 Å². The predicted molar refractivity (Wildman–Crippen MR) is 109 cm³/mol. The third kappa shape index (κ3) is 4.27. The van der Waals surface area contributed by atoms with Crippen LogP contribution >= 0.6 is 0 Å². The van der Waals surface area contributed by atoms with E-state index in [-0.39, 0.29) is 36.0 Å². The van der Waals surface area contributed by atoms with E-state index in [4.69, 9.17) is 13.9 Å². The number of aryl methyl sites for hydroxylation is 1. The number of nitrogens with one attached hydrogen (secondary N) is 1. The lowest BCUT2D eigenvalue weighted by atomic mass is 10.1. The number of hydrogen-bond donors (Lipinski definition) is 1. The Kier molecular flexibility index (Phi) is 6.36. The highest BCUT2D eigenvalue weighted by Crippen LogP contribution is 2.29. The predicted octanol–water partition coefficient (Wildman–Crippen LogP) is 3.98. The van der Waals surface area contributed by atoms with E-state index < -0.39 is 17.8 Å². The Labute approximate surface area is 173 Å². The summed E-state index contributed by atoms with van der Waals surface area (Å²) in [6.07, 6.45) is 3.78. The summed E-state index contributed by atoms with van der Waals surface area (Å²) in [5.74, 6) is -2.01. The van der Waals surface area contributed by atoms with Crippen molar-refractivity contribution in [3.63, 3.8) is 0 Å². The molecule has 30 heavy (non-hydrogen) atoms. The van der Waals surface area contributed by atoms with Crippen LogP contribution in [-0.4, -0.2) is 35.6 Å². The van der Waals surface area contributed by atoms with E-state index in [1.54, 1.807) is 38.1 Å². The second-order valence-electron chi connectivity index (χ2n) is 6.27. The first-order valence-corrected chi connectivity index (χ1v) is 9.48. The number of carbonyl (C=O) groups is 3. The molecule has 3 rings (SSSR count). The van der Waals surface area contributed by atoms with Crippen molar-refractivity contribution in [2.24, 2.45) is 0 Å². The van der Waals surface area contributed by atoms with E-state index in [9.17, 15) is 14.4 Å². The third-order valence-corrected chi connectivity index (χ3v) is 4.30. The summed E-state index contributed by atoms with van der Waals surface area (Å²) in [4.78, 5) is 37.5. The van der Waals surface area contributed by atoms with Crippen LogP contribution in [0.25, 0.3) is 5.69 Å². The SMILES string of the molecule is CCOC(=O)c1c(C)oc(NC(=O)c2ccc(-n3cccc3)cc2)c1C(=O)OCC. The quantitative estimate of drug-likeness (QED) is 0.592. The fraction of sp³-hybridized carbons (Fsp3) is 0.227. The van der Waals surface area contributed by atoms with Crippen LogP contribution in [0.3, 0.4) is 0 Å². The molecule has 8 nitrogen and oxygen atoms in total. The summed E-state index contributed by atoms with van der Waals surface area (Å²) in [5.41, 5.74) is 1.02. The average Bonchev–Trinajstić information content (AvgIpc) is 3.36. The minimum Gasteiger partial charge on any atom is -0.462 e. The Balaban J connectivity index is 1.89. The molecule has 0 aliphatic carbocycles. The highest BCUT2D eigenvalue weighted by Gasteiger charge is 2.31. The van der Waals surface area contributed by atoms with Gasteiger partial charge in [0.1, 0.15) is 16.9 Å². The van der Waals surface area contributed by atoms with E-state index in [1.165, 1.54) is 6.92 Å². The van der Waals surface area contributed by atoms with Gasteiger partial charge < -0.3 is 18.5 Å². The topological polar surface area (TPSA) is 99.8 Å². The zero-order valence-electron chi connectivity index (χ0n) is 16.9. The smallest absolute Gasteiger partial charge is 0.344 e. The third-order valence-electron chi connectivity index (χ3n) is 4.30. The van der Waals surface area contributed by atoms with E-state index in [1.807, 2.05) is 29.1 Å². The molecule has 2 aromatic heterocycles. The Hall–Kier alpha value is -3.81. The zero-order valence-corrected chi connectivity index (χ0v) is 16.9. The maximum Gasteiger partial charge on any atom is 0.344 e. The second kappa shape index (κ2) is 9.13. The molecule has 0 saturated carbocycles. The zero-order chi connectivity index (χ0) is 21.7. The molecule has 0 fully saturated rings. The molecule has 0 saturated heterocycles. The number of carbonyl (C=O) groups excluding carboxylic acids is 3. The van der Waals surface area contributed by atoms with Gasteiger partial charge in [-0.3, -0.25) is 10.1 Å². The van der Waals surface area contributed by atoms with Crippen molar-refractivity contribution in [1.29, 1.82) is 0 Å². The number of aromatic nitrogens is 1. The number of furan rings is 1. The molecule has 0 bridgehead atoms. The molecular formula is C22H22N2O6. The molecule has 2 heterocycles. The van der Waals surface area contributed by atoms with E-state index in [0.717, 1.165) is 5.69 Å². The highest BCUT2D eigenvalue weighted by atomic mass is 16.5. The van der Waals surface area contributed by atoms with Crippen LogP contribution in [0.15, 0.2) is 53.2 Å². The van der Waals surface area contributed by atoms with Crippen molar-refractivity contribution in [3.8, 4) is 5.69 Å². The van der Waals surface area contributed by atoms with Gasteiger partial charge in [0.25, 0.3) is 5.91 Å². The van der Waals surface area contributed by atoms with Gasteiger partial charge in [0, 0.05) is 23.6 Å². The molecule has 0 aliphatic rings. The lowest BCUT2D eigenvalue weighted by Crippen LogP contribution is -2.17. The average molecular weight is 410 g/mol. The normalized spacial score (nSPS) is 10.5. The maximum absolute atomic E-state index is 12.7. The van der Waals surface area contributed by atoms with Crippen LogP contribution in [0.1, 0.15) is 50.7 Å². The fourth-order valence-corrected chi connectivity index (χ4v) is 2.95. The first-order valence-electron chi connectivity index (χ1n) is 9.48. The molecule has 8 heteroatoms. The lowest BCUT2D eigenvalue weighted by molar-refractivity contribution is 0.0480. The second-order valence-corrected chi connectivity index (χ2v) is 6.27. The Morgan fingerprint density at radius 1 is 0.933 bits per heavy atom. The number of amides is 1. The first-order chi connectivity index (χ1) is 14.5. The van der Waals surface area contributed by atoms with E-state index in [0.29, 0.717) is 5.56 Å². The minimum absolute atomic E-state index is 0.0615. The molecule has 0 radical (unpaired) electrons. The molecule has 0 atom stereocenters. The number of esters is 2. The largest absolute Gasteiger partial charge is 0.462 e. The molecule has 0 unspecified atom stereocenters. The lowest BCUT2D eigenvalue weighted by Gasteiger charge is -2.08. The van der Waals surface area contributed by atoms with Gasteiger partial charge in [0.2, 0.25) is 5.88 Å². The van der Waals surface area contributed by atoms with Crippen LogP contribution in [0, 0.1) is 6.92 Å². The molecule has 1 N–H and O–H groups in total. The van der Waals surface area contributed by atoms with Gasteiger partial charge in [-0.25, -0.2) is 9.59 Å². The van der Waals surface area contributed by atoms with Crippen molar-refractivity contribution in [3.05, 3.63) is 71.2 Å². The van der Waals surface area contributed by atoms with Crippen molar-refractivity contribution < 1.29 is 28.3 Å². The summed E-state index contributed by atoms with van der Waals surface area (Å²) in [6, 6.07) is 10.7. The monoisotopic (exact) mass is 410 g/mol. The number of hydrogen-bond acceptors (Lipinski definition) is 6. The number of benzene rings is 1.